The van der Waals surface area contributed by atoms with Gasteiger partial charge in [0.25, 0.3) is 0 Å². The van der Waals surface area contributed by atoms with Gasteiger partial charge in [-0.25, -0.2) is 0 Å². The lowest BCUT2D eigenvalue weighted by Gasteiger charge is -2.53. The van der Waals surface area contributed by atoms with Crippen LogP contribution >= 0.6 is 0 Å². The first-order chi connectivity index (χ1) is 15.4. The Morgan fingerprint density at radius 2 is 2.00 bits per heavy atom. The van der Waals surface area contributed by atoms with E-state index in [0.29, 0.717) is 6.42 Å². The molecule has 5 aliphatic rings. The molecule has 1 saturated heterocycles. The van der Waals surface area contributed by atoms with Crippen molar-refractivity contribution in [2.24, 2.45) is 11.3 Å². The van der Waals surface area contributed by atoms with Crippen molar-refractivity contribution in [3.63, 3.8) is 0 Å². The van der Waals surface area contributed by atoms with E-state index in [2.05, 4.69) is 48.3 Å². The number of fused-ring (bicyclic) bond motifs is 2. The van der Waals surface area contributed by atoms with E-state index in [-0.39, 0.29) is 28.5 Å². The first-order valence-corrected chi connectivity index (χ1v) is 11.9. The van der Waals surface area contributed by atoms with Gasteiger partial charge >= 0.3 is 0 Å². The van der Waals surface area contributed by atoms with Crippen LogP contribution in [0.15, 0.2) is 72.1 Å². The quantitative estimate of drug-likeness (QED) is 0.699. The summed E-state index contributed by atoms with van der Waals surface area (Å²) < 4.78 is 7.06. The van der Waals surface area contributed by atoms with Gasteiger partial charge in [-0.05, 0) is 65.3 Å². The number of pyridine rings is 1. The molecule has 1 aromatic carbocycles. The first-order valence-electron chi connectivity index (χ1n) is 11.9. The van der Waals surface area contributed by atoms with E-state index in [4.69, 9.17) is 4.74 Å². The minimum absolute atomic E-state index is 0.0617. The average molecular weight is 428 g/mol. The molecule has 2 spiro atoms. The van der Waals surface area contributed by atoms with Gasteiger partial charge in [-0.15, -0.1) is 0 Å². The van der Waals surface area contributed by atoms with E-state index in [0.717, 1.165) is 31.1 Å². The van der Waals surface area contributed by atoms with Crippen molar-refractivity contribution in [2.75, 3.05) is 0 Å². The molecular weight excluding hydrogens is 398 g/mol. The predicted molar refractivity (Wildman–Crippen MR) is 123 cm³/mol. The maximum absolute atomic E-state index is 11.4. The number of aromatic nitrogens is 1. The summed E-state index contributed by atoms with van der Waals surface area (Å²) >= 11 is 0. The lowest BCUT2D eigenvalue weighted by Crippen LogP contribution is -2.53. The molecule has 1 aromatic heterocycles. The molecule has 2 aliphatic heterocycles. The highest BCUT2D eigenvalue weighted by Crippen LogP contribution is 2.68. The fraction of sp³-hybridized carbons (Fsp3) is 0.464. The lowest BCUT2D eigenvalue weighted by atomic mass is 9.58. The Bertz CT molecular complexity index is 1230. The molecule has 4 nitrogen and oxygen atoms in total. The van der Waals surface area contributed by atoms with Crippen LogP contribution in [-0.2, 0) is 4.74 Å². The Labute approximate surface area is 188 Å². The highest BCUT2D eigenvalue weighted by Gasteiger charge is 2.67. The standard InChI is InChI=1S/C28H29NO3/c1-26-8-6-21-13-20-4-5-22(30)15-27(20)9-10-28(21,32-27)24(26)14-23(31)25(26)18-3-2-17-7-11-29-16-19(17)12-18/h2-7,11-13,16,22-25,30-31H,8-10,14-15H2,1H3/t22-,23-,24-,25+,26+,27-,28?/m1/s1. The molecule has 1 unspecified atom stereocenters. The Hall–Kier alpha value is -2.27. The second-order valence-corrected chi connectivity index (χ2v) is 10.9. The highest BCUT2D eigenvalue weighted by molar-refractivity contribution is 5.82. The van der Waals surface area contributed by atoms with Gasteiger partial charge < -0.3 is 14.9 Å². The van der Waals surface area contributed by atoms with Crippen LogP contribution < -0.4 is 0 Å². The third kappa shape index (κ3) is 2.30. The van der Waals surface area contributed by atoms with Crippen LogP contribution in [0.3, 0.4) is 0 Å². The maximum atomic E-state index is 11.4. The van der Waals surface area contributed by atoms with E-state index in [1.165, 1.54) is 22.1 Å². The number of benzene rings is 1. The summed E-state index contributed by atoms with van der Waals surface area (Å²) in [4.78, 5) is 4.30. The fourth-order valence-corrected chi connectivity index (χ4v) is 7.95. The van der Waals surface area contributed by atoms with Gasteiger partial charge in [-0.3, -0.25) is 4.98 Å². The van der Waals surface area contributed by atoms with Gasteiger partial charge in [0.1, 0.15) is 0 Å². The summed E-state index contributed by atoms with van der Waals surface area (Å²) in [5.74, 6) is 0.312. The molecule has 3 aliphatic carbocycles. The number of nitrogens with zero attached hydrogens (tertiary/aromatic N) is 1. The fourth-order valence-electron chi connectivity index (χ4n) is 7.95. The molecule has 0 amide bonds. The Balaban J connectivity index is 1.34. The summed E-state index contributed by atoms with van der Waals surface area (Å²) in [6, 6.07) is 8.61. The molecular formula is C28H29NO3. The van der Waals surface area contributed by atoms with Gasteiger partial charge in [0.15, 0.2) is 0 Å². The zero-order valence-corrected chi connectivity index (χ0v) is 18.4. The van der Waals surface area contributed by atoms with Gasteiger partial charge in [-0.2, -0.15) is 0 Å². The molecule has 2 N–H and O–H groups in total. The monoisotopic (exact) mass is 427 g/mol. The topological polar surface area (TPSA) is 62.6 Å². The van der Waals surface area contributed by atoms with Gasteiger partial charge in [0.05, 0.1) is 23.4 Å². The lowest BCUT2D eigenvalue weighted by molar-refractivity contribution is -0.135. The van der Waals surface area contributed by atoms with Crippen molar-refractivity contribution in [3.05, 3.63) is 77.7 Å². The molecule has 32 heavy (non-hydrogen) atoms. The Kier molecular flexibility index (Phi) is 3.72. The largest absolute Gasteiger partial charge is 0.392 e. The van der Waals surface area contributed by atoms with Crippen molar-refractivity contribution < 1.29 is 14.9 Å². The summed E-state index contributed by atoms with van der Waals surface area (Å²) in [6.45, 7) is 2.36. The first kappa shape index (κ1) is 19.2. The molecule has 2 aromatic rings. The number of ether oxygens (including phenoxy) is 1. The predicted octanol–water partition coefficient (Wildman–Crippen LogP) is 4.58. The van der Waals surface area contributed by atoms with Crippen molar-refractivity contribution in [1.82, 2.24) is 4.98 Å². The molecule has 164 valence electrons. The summed E-state index contributed by atoms with van der Waals surface area (Å²) in [5.41, 5.74) is 2.89. The van der Waals surface area contributed by atoms with Crippen LogP contribution in [0, 0.1) is 11.3 Å². The smallest absolute Gasteiger partial charge is 0.0976 e. The van der Waals surface area contributed by atoms with E-state index in [9.17, 15) is 10.2 Å². The van der Waals surface area contributed by atoms with Crippen molar-refractivity contribution in [1.29, 1.82) is 0 Å². The van der Waals surface area contributed by atoms with Crippen LogP contribution in [0.4, 0.5) is 0 Å². The van der Waals surface area contributed by atoms with Crippen LogP contribution in [0.25, 0.3) is 10.8 Å². The van der Waals surface area contributed by atoms with Gasteiger partial charge in [0, 0.05) is 36.0 Å². The minimum atomic E-state index is -0.448. The summed E-state index contributed by atoms with van der Waals surface area (Å²) in [6.07, 6.45) is 15.8. The van der Waals surface area contributed by atoms with Gasteiger partial charge in [-0.1, -0.05) is 43.4 Å². The molecule has 7 atom stereocenters. The third-order valence-corrected chi connectivity index (χ3v) is 9.36. The van der Waals surface area contributed by atoms with Crippen molar-refractivity contribution in [3.8, 4) is 0 Å². The number of aliphatic hydroxyl groups excluding tert-OH is 2. The number of hydrogen-bond acceptors (Lipinski definition) is 4. The van der Waals surface area contributed by atoms with Crippen molar-refractivity contribution >= 4 is 10.8 Å². The number of rotatable bonds is 1. The Morgan fingerprint density at radius 3 is 2.91 bits per heavy atom. The normalized spacial score (nSPS) is 44.0. The van der Waals surface area contributed by atoms with Crippen LogP contribution in [0.5, 0.6) is 0 Å². The van der Waals surface area contributed by atoms with E-state index >= 15 is 0 Å². The maximum Gasteiger partial charge on any atom is 0.0976 e. The van der Waals surface area contributed by atoms with E-state index < -0.39 is 12.2 Å². The van der Waals surface area contributed by atoms with Crippen LogP contribution in [0.2, 0.25) is 0 Å². The van der Waals surface area contributed by atoms with Gasteiger partial charge in [0.2, 0.25) is 0 Å². The number of hydrogen-bond donors (Lipinski definition) is 2. The van der Waals surface area contributed by atoms with E-state index in [1.54, 1.807) is 0 Å². The molecule has 4 heteroatoms. The number of aliphatic hydroxyl groups is 2. The van der Waals surface area contributed by atoms with Crippen LogP contribution in [-0.4, -0.2) is 38.6 Å². The minimum Gasteiger partial charge on any atom is -0.392 e. The molecule has 1 saturated carbocycles. The summed E-state index contributed by atoms with van der Waals surface area (Å²) in [5, 5.41) is 24.1. The molecule has 0 radical (unpaired) electrons. The second-order valence-electron chi connectivity index (χ2n) is 10.9. The Morgan fingerprint density at radius 1 is 1.09 bits per heavy atom. The average Bonchev–Trinajstić information content (AvgIpc) is 3.24. The zero-order chi connectivity index (χ0) is 21.7. The third-order valence-electron chi connectivity index (χ3n) is 9.36. The SMILES string of the molecule is C[C@]12CC=C3C=C4C=C[C@@H](O)C[C@]45CCC3(O5)[C@@H]1C[C@@H](O)[C@@H]2c1ccc2ccncc2c1. The number of allylic oxidation sites excluding steroid dienone is 1. The molecule has 3 heterocycles. The molecule has 2 fully saturated rings. The molecule has 7 rings (SSSR count). The van der Waals surface area contributed by atoms with Crippen LogP contribution in [0.1, 0.15) is 50.5 Å². The zero-order valence-electron chi connectivity index (χ0n) is 18.4. The second kappa shape index (κ2) is 6.19. The highest BCUT2D eigenvalue weighted by atomic mass is 16.5. The molecule has 2 bridgehead atoms. The summed E-state index contributed by atoms with van der Waals surface area (Å²) in [7, 11) is 0. The van der Waals surface area contributed by atoms with E-state index in [1.807, 2.05) is 24.5 Å². The van der Waals surface area contributed by atoms with Crippen molar-refractivity contribution in [2.45, 2.75) is 68.4 Å².